The van der Waals surface area contributed by atoms with Crippen molar-refractivity contribution < 1.29 is 13.2 Å². The summed E-state index contributed by atoms with van der Waals surface area (Å²) in [7, 11) is 0. The van der Waals surface area contributed by atoms with Gasteiger partial charge in [-0.05, 0) is 11.1 Å². The Bertz CT molecular complexity index is 502. The van der Waals surface area contributed by atoms with Crippen LogP contribution in [-0.4, -0.2) is 9.78 Å². The summed E-state index contributed by atoms with van der Waals surface area (Å²) in [6, 6.07) is 6.98. The fourth-order valence-corrected chi connectivity index (χ4v) is 1.57. The third-order valence-corrected chi connectivity index (χ3v) is 2.59. The molecule has 1 aromatic carbocycles. The molecule has 2 rings (SSSR count). The van der Waals surface area contributed by atoms with Crippen LogP contribution in [0, 0.1) is 0 Å². The fourth-order valence-electron chi connectivity index (χ4n) is 1.40. The van der Waals surface area contributed by atoms with E-state index in [1.165, 1.54) is 6.20 Å². The van der Waals surface area contributed by atoms with Crippen LogP contribution in [0.25, 0.3) is 11.1 Å². The molecule has 0 fully saturated rings. The molecule has 0 amide bonds. The lowest BCUT2D eigenvalue weighted by Crippen LogP contribution is -2.16. The highest BCUT2D eigenvalue weighted by Crippen LogP contribution is 2.25. The summed E-state index contributed by atoms with van der Waals surface area (Å²) in [6.07, 6.45) is -2.34. The zero-order chi connectivity index (χ0) is 12.5. The molecule has 0 bridgehead atoms. The Hall–Kier alpha value is -1.49. The second-order valence-electron chi connectivity index (χ2n) is 3.47. The molecule has 0 atom stereocenters. The van der Waals surface area contributed by atoms with Gasteiger partial charge in [0, 0.05) is 17.6 Å². The van der Waals surface area contributed by atoms with E-state index in [1.54, 1.807) is 24.3 Å². The Morgan fingerprint density at radius 3 is 2.24 bits per heavy atom. The molecule has 6 heteroatoms. The van der Waals surface area contributed by atoms with Crippen LogP contribution < -0.4 is 0 Å². The summed E-state index contributed by atoms with van der Waals surface area (Å²) in [4.78, 5) is 0. The molecule has 0 unspecified atom stereocenters. The molecular formula is C11H8ClF3N2. The van der Waals surface area contributed by atoms with Gasteiger partial charge in [-0.2, -0.15) is 9.78 Å². The summed E-state index contributed by atoms with van der Waals surface area (Å²) in [6.45, 7) is 0. The Balaban J connectivity index is 2.30. The van der Waals surface area contributed by atoms with Crippen molar-refractivity contribution >= 4 is 11.6 Å². The first kappa shape index (κ1) is 12.0. The molecule has 0 saturated carbocycles. The maximum atomic E-state index is 12.3. The first-order valence-corrected chi connectivity index (χ1v) is 5.31. The number of hydrogen-bond acceptors (Lipinski definition) is 1. The zero-order valence-electron chi connectivity index (χ0n) is 8.58. The van der Waals surface area contributed by atoms with E-state index in [2.05, 4.69) is 5.10 Å². The second-order valence-corrected chi connectivity index (χ2v) is 3.74. The van der Waals surface area contributed by atoms with Crippen LogP contribution in [0.15, 0.2) is 36.7 Å². The molecule has 0 aliphatic rings. The monoisotopic (exact) mass is 260 g/mol. The highest BCUT2D eigenvalue weighted by molar-refractivity contribution is 6.17. The minimum atomic E-state index is -4.48. The molecule has 2 nitrogen and oxygen atoms in total. The number of nitrogens with zero attached hydrogens (tertiary/aromatic N) is 2. The summed E-state index contributed by atoms with van der Waals surface area (Å²) < 4.78 is 36.9. The third kappa shape index (κ3) is 2.61. The van der Waals surface area contributed by atoms with Crippen LogP contribution >= 0.6 is 11.6 Å². The number of aromatic nitrogens is 2. The van der Waals surface area contributed by atoms with Gasteiger partial charge in [-0.25, -0.2) is 0 Å². The first-order valence-electron chi connectivity index (χ1n) is 4.78. The fraction of sp³-hybridized carbons (Fsp3) is 0.182. The topological polar surface area (TPSA) is 17.8 Å². The van der Waals surface area contributed by atoms with Gasteiger partial charge in [0.2, 0.25) is 0 Å². The standard InChI is InChI=1S/C11H8ClF3N2/c12-5-8-1-3-9(4-2-8)10-6-16-17(7-10)11(13,14)15/h1-4,6-7H,5H2. The Kier molecular flexibility index (Phi) is 3.11. The van der Waals surface area contributed by atoms with Crippen molar-refractivity contribution in [2.45, 2.75) is 12.2 Å². The SMILES string of the molecule is FC(F)(F)n1cc(-c2ccc(CCl)cc2)cn1. The average molecular weight is 261 g/mol. The average Bonchev–Trinajstić information content (AvgIpc) is 2.78. The Labute approximate surface area is 101 Å². The van der Waals surface area contributed by atoms with Crippen LogP contribution in [0.1, 0.15) is 5.56 Å². The van der Waals surface area contributed by atoms with Gasteiger partial charge in [-0.3, -0.25) is 0 Å². The van der Waals surface area contributed by atoms with Gasteiger partial charge in [-0.1, -0.05) is 24.3 Å². The number of halogens is 4. The lowest BCUT2D eigenvalue weighted by molar-refractivity contribution is -0.212. The van der Waals surface area contributed by atoms with Crippen molar-refractivity contribution in [1.82, 2.24) is 9.78 Å². The van der Waals surface area contributed by atoms with Gasteiger partial charge in [0.1, 0.15) is 0 Å². The number of hydrogen-bond donors (Lipinski definition) is 0. The predicted molar refractivity (Wildman–Crippen MR) is 58.5 cm³/mol. The second kappa shape index (κ2) is 4.41. The van der Waals surface area contributed by atoms with Crippen molar-refractivity contribution in [3.63, 3.8) is 0 Å². The minimum Gasteiger partial charge on any atom is -0.178 e. The molecule has 0 N–H and O–H groups in total. The first-order chi connectivity index (χ1) is 8.00. The largest absolute Gasteiger partial charge is 0.504 e. The summed E-state index contributed by atoms with van der Waals surface area (Å²) in [5.74, 6) is 0.377. The molecule has 0 radical (unpaired) electrons. The van der Waals surface area contributed by atoms with Gasteiger partial charge in [0.05, 0.1) is 6.20 Å². The maximum absolute atomic E-state index is 12.3. The molecular weight excluding hydrogens is 253 g/mol. The van der Waals surface area contributed by atoms with E-state index >= 15 is 0 Å². The Morgan fingerprint density at radius 2 is 1.76 bits per heavy atom. The van der Waals surface area contributed by atoms with Gasteiger partial charge in [-0.15, -0.1) is 24.8 Å². The van der Waals surface area contributed by atoms with Crippen molar-refractivity contribution in [3.8, 4) is 11.1 Å². The van der Waals surface area contributed by atoms with Crippen LogP contribution in [0.5, 0.6) is 0 Å². The molecule has 17 heavy (non-hydrogen) atoms. The molecule has 0 saturated heterocycles. The predicted octanol–water partition coefficient (Wildman–Crippen LogP) is 3.77. The van der Waals surface area contributed by atoms with Gasteiger partial charge >= 0.3 is 6.30 Å². The molecule has 2 aromatic rings. The van der Waals surface area contributed by atoms with Crippen molar-refractivity contribution in [1.29, 1.82) is 0 Å². The lowest BCUT2D eigenvalue weighted by Gasteiger charge is -2.04. The van der Waals surface area contributed by atoms with E-state index < -0.39 is 6.30 Å². The number of alkyl halides is 4. The Morgan fingerprint density at radius 1 is 1.12 bits per heavy atom. The van der Waals surface area contributed by atoms with Gasteiger partial charge in [0.15, 0.2) is 0 Å². The van der Waals surface area contributed by atoms with Crippen LogP contribution in [0.2, 0.25) is 0 Å². The van der Waals surface area contributed by atoms with Gasteiger partial charge < -0.3 is 0 Å². The van der Waals surface area contributed by atoms with E-state index in [4.69, 9.17) is 11.6 Å². The lowest BCUT2D eigenvalue weighted by atomic mass is 10.1. The maximum Gasteiger partial charge on any atom is 0.504 e. The van der Waals surface area contributed by atoms with Crippen LogP contribution in [0.3, 0.4) is 0 Å². The highest BCUT2D eigenvalue weighted by atomic mass is 35.5. The smallest absolute Gasteiger partial charge is 0.178 e. The van der Waals surface area contributed by atoms with Crippen molar-refractivity contribution in [2.24, 2.45) is 0 Å². The van der Waals surface area contributed by atoms with E-state index in [1.807, 2.05) is 0 Å². The molecule has 0 spiro atoms. The molecule has 1 aromatic heterocycles. The quantitative estimate of drug-likeness (QED) is 0.752. The molecule has 1 heterocycles. The van der Waals surface area contributed by atoms with E-state index in [-0.39, 0.29) is 4.68 Å². The number of benzene rings is 1. The van der Waals surface area contributed by atoms with Crippen molar-refractivity contribution in [2.75, 3.05) is 0 Å². The van der Waals surface area contributed by atoms with Crippen LogP contribution in [0.4, 0.5) is 13.2 Å². The summed E-state index contributed by atoms with van der Waals surface area (Å²) >= 11 is 5.62. The third-order valence-electron chi connectivity index (χ3n) is 2.28. The minimum absolute atomic E-state index is 0.0161. The highest BCUT2D eigenvalue weighted by Gasteiger charge is 2.31. The van der Waals surface area contributed by atoms with Gasteiger partial charge in [0.25, 0.3) is 0 Å². The van der Waals surface area contributed by atoms with E-state index in [0.717, 1.165) is 11.8 Å². The normalized spacial score (nSPS) is 11.8. The van der Waals surface area contributed by atoms with Crippen LogP contribution in [-0.2, 0) is 12.2 Å². The van der Waals surface area contributed by atoms with E-state index in [0.29, 0.717) is 17.0 Å². The molecule has 90 valence electrons. The zero-order valence-corrected chi connectivity index (χ0v) is 9.33. The van der Waals surface area contributed by atoms with Crippen molar-refractivity contribution in [3.05, 3.63) is 42.2 Å². The molecule has 0 aliphatic carbocycles. The summed E-state index contributed by atoms with van der Waals surface area (Å²) in [5.41, 5.74) is 2.01. The summed E-state index contributed by atoms with van der Waals surface area (Å²) in [5, 5.41) is 3.27. The number of rotatable bonds is 2. The van der Waals surface area contributed by atoms with E-state index in [9.17, 15) is 13.2 Å². The molecule has 0 aliphatic heterocycles.